The van der Waals surface area contributed by atoms with Gasteiger partial charge in [-0.2, -0.15) is 22.6 Å². The molecule has 0 aliphatic carbocycles. The molecule has 2 unspecified atom stereocenters. The summed E-state index contributed by atoms with van der Waals surface area (Å²) in [5, 5.41) is 11.2. The van der Waals surface area contributed by atoms with Gasteiger partial charge in [-0.1, -0.05) is 28.9 Å². The van der Waals surface area contributed by atoms with Crippen LogP contribution in [-0.4, -0.2) is 40.7 Å². The molecule has 3 aromatic rings. The molecule has 2 aliphatic rings. The second kappa shape index (κ2) is 7.02. The maximum absolute atomic E-state index is 13.7. The summed E-state index contributed by atoms with van der Waals surface area (Å²) in [6.45, 7) is 0. The van der Waals surface area contributed by atoms with E-state index in [-0.39, 0.29) is 5.71 Å². The zero-order chi connectivity index (χ0) is 22.8. The quantitative estimate of drug-likeness (QED) is 0.573. The molecular weight excluding hydrogens is 471 g/mol. The molecule has 1 aromatic carbocycles. The molecule has 5 rings (SSSR count). The summed E-state index contributed by atoms with van der Waals surface area (Å²) in [6.07, 6.45) is -2.52. The summed E-state index contributed by atoms with van der Waals surface area (Å²) in [4.78, 5) is 7.88. The summed E-state index contributed by atoms with van der Waals surface area (Å²) in [6, 6.07) is 4.78. The number of nitrogens with zero attached hydrogens (tertiary/aromatic N) is 4. The van der Waals surface area contributed by atoms with Gasteiger partial charge in [0.15, 0.2) is 0 Å². The molecule has 2 atom stereocenters. The Kier molecular flexibility index (Phi) is 4.59. The monoisotopic (exact) mass is 483 g/mol. The standard InChI is InChI=1S/C19H13ClF3N5O3S/c1-31-27-16-15-11(8-25-26-15)17-10-3-2-4-12(20)14(10)18(16)28(17)32(29,30)9-5-6-13(24-7-9)19(21,22)23/h2-8,17-18H,1H3,(H,25,26)/b27-16+. The Hall–Kier alpha value is -2.96. The topological polar surface area (TPSA) is 101 Å². The SMILES string of the molecule is CO/N=C1\c2[nH]ncc2C2c3cccc(Cl)c3C1N2S(=O)(=O)c1ccc(C(F)(F)F)nc1. The molecule has 1 N–H and O–H groups in total. The predicted molar refractivity (Wildman–Crippen MR) is 106 cm³/mol. The van der Waals surface area contributed by atoms with Crippen molar-refractivity contribution in [2.75, 3.05) is 7.11 Å². The van der Waals surface area contributed by atoms with Crippen LogP contribution >= 0.6 is 11.6 Å². The van der Waals surface area contributed by atoms with E-state index in [2.05, 4.69) is 20.3 Å². The first-order valence-corrected chi connectivity index (χ1v) is 11.0. The molecule has 32 heavy (non-hydrogen) atoms. The second-order valence-corrected chi connectivity index (χ2v) is 9.37. The van der Waals surface area contributed by atoms with Crippen LogP contribution in [0.2, 0.25) is 5.02 Å². The van der Waals surface area contributed by atoms with Crippen LogP contribution in [0.4, 0.5) is 13.2 Å². The van der Waals surface area contributed by atoms with Crippen LogP contribution in [0.25, 0.3) is 0 Å². The van der Waals surface area contributed by atoms with Gasteiger partial charge in [0.05, 0.1) is 17.9 Å². The third-order valence-corrected chi connectivity index (χ3v) is 7.58. The van der Waals surface area contributed by atoms with Crippen LogP contribution in [0, 0.1) is 0 Å². The highest BCUT2D eigenvalue weighted by molar-refractivity contribution is 7.89. The lowest BCUT2D eigenvalue weighted by molar-refractivity contribution is -0.141. The van der Waals surface area contributed by atoms with Crippen molar-refractivity contribution in [1.82, 2.24) is 19.5 Å². The van der Waals surface area contributed by atoms with Gasteiger partial charge >= 0.3 is 6.18 Å². The van der Waals surface area contributed by atoms with Gasteiger partial charge in [-0.3, -0.25) is 10.1 Å². The molecule has 2 aliphatic heterocycles. The minimum absolute atomic E-state index is 0.228. The minimum atomic E-state index is -4.69. The normalized spacial score (nSPS) is 21.5. The molecule has 0 fully saturated rings. The molecule has 2 bridgehead atoms. The van der Waals surface area contributed by atoms with Crippen LogP contribution in [0.1, 0.15) is 40.2 Å². The fourth-order valence-electron chi connectivity index (χ4n) is 4.19. The van der Waals surface area contributed by atoms with E-state index in [1.54, 1.807) is 18.2 Å². The molecule has 0 spiro atoms. The first-order valence-electron chi connectivity index (χ1n) is 9.16. The number of aromatic amines is 1. The van der Waals surface area contributed by atoms with Crippen molar-refractivity contribution in [3.63, 3.8) is 0 Å². The van der Waals surface area contributed by atoms with Crippen LogP contribution < -0.4 is 0 Å². The average molecular weight is 484 g/mol. The first kappa shape index (κ1) is 20.9. The lowest BCUT2D eigenvalue weighted by atomic mass is 9.99. The Labute approximate surface area is 184 Å². The van der Waals surface area contributed by atoms with Gasteiger partial charge in [-0.15, -0.1) is 0 Å². The van der Waals surface area contributed by atoms with E-state index in [9.17, 15) is 21.6 Å². The smallest absolute Gasteiger partial charge is 0.399 e. The zero-order valence-electron chi connectivity index (χ0n) is 16.1. The summed E-state index contributed by atoms with van der Waals surface area (Å²) >= 11 is 6.46. The predicted octanol–water partition coefficient (Wildman–Crippen LogP) is 3.68. The number of oxime groups is 1. The van der Waals surface area contributed by atoms with Crippen LogP contribution in [-0.2, 0) is 21.0 Å². The van der Waals surface area contributed by atoms with Crippen molar-refractivity contribution in [2.45, 2.75) is 23.2 Å². The summed E-state index contributed by atoms with van der Waals surface area (Å²) in [5.41, 5.74) is 1.18. The second-order valence-electron chi connectivity index (χ2n) is 7.12. The molecular formula is C19H13ClF3N5O3S. The van der Waals surface area contributed by atoms with Crippen molar-refractivity contribution in [3.8, 4) is 0 Å². The molecule has 0 saturated carbocycles. The number of nitrogens with one attached hydrogen (secondary N) is 1. The van der Waals surface area contributed by atoms with Crippen molar-refractivity contribution < 1.29 is 26.4 Å². The number of aromatic nitrogens is 3. The molecule has 4 heterocycles. The van der Waals surface area contributed by atoms with Crippen molar-refractivity contribution in [3.05, 3.63) is 75.8 Å². The van der Waals surface area contributed by atoms with Gasteiger partial charge in [0, 0.05) is 22.3 Å². The molecule has 0 amide bonds. The van der Waals surface area contributed by atoms with E-state index in [1.807, 2.05) is 0 Å². The number of hydrogen-bond donors (Lipinski definition) is 1. The third kappa shape index (κ3) is 2.86. The Morgan fingerprint density at radius 1 is 1.16 bits per heavy atom. The molecule has 8 nitrogen and oxygen atoms in total. The highest BCUT2D eigenvalue weighted by atomic mass is 35.5. The van der Waals surface area contributed by atoms with Crippen LogP contribution in [0.15, 0.2) is 52.8 Å². The minimum Gasteiger partial charge on any atom is -0.399 e. The number of hydrogen-bond acceptors (Lipinski definition) is 6. The Morgan fingerprint density at radius 3 is 2.59 bits per heavy atom. The van der Waals surface area contributed by atoms with Crippen LogP contribution in [0.5, 0.6) is 0 Å². The van der Waals surface area contributed by atoms with Crippen molar-refractivity contribution in [1.29, 1.82) is 0 Å². The Balaban J connectivity index is 1.73. The highest BCUT2D eigenvalue weighted by Crippen LogP contribution is 2.55. The molecule has 0 radical (unpaired) electrons. The van der Waals surface area contributed by atoms with E-state index in [4.69, 9.17) is 16.4 Å². The summed E-state index contributed by atoms with van der Waals surface area (Å²) in [7, 11) is -3.03. The molecule has 2 aromatic heterocycles. The van der Waals surface area contributed by atoms with Gasteiger partial charge in [0.25, 0.3) is 0 Å². The van der Waals surface area contributed by atoms with Gasteiger partial charge in [-0.05, 0) is 23.8 Å². The number of benzene rings is 1. The lowest BCUT2D eigenvalue weighted by Crippen LogP contribution is -2.41. The maximum atomic E-state index is 13.7. The van der Waals surface area contributed by atoms with Crippen molar-refractivity contribution >= 4 is 27.3 Å². The van der Waals surface area contributed by atoms with Gasteiger partial charge in [-0.25, -0.2) is 8.42 Å². The van der Waals surface area contributed by atoms with Gasteiger partial charge < -0.3 is 4.84 Å². The van der Waals surface area contributed by atoms with Crippen molar-refractivity contribution in [2.24, 2.45) is 5.16 Å². The zero-order valence-corrected chi connectivity index (χ0v) is 17.7. The lowest BCUT2D eigenvalue weighted by Gasteiger charge is -2.34. The van der Waals surface area contributed by atoms with E-state index in [0.717, 1.165) is 10.4 Å². The number of sulfonamides is 1. The maximum Gasteiger partial charge on any atom is 0.433 e. The largest absolute Gasteiger partial charge is 0.433 e. The number of pyridine rings is 1. The number of fused-ring (bicyclic) bond motifs is 7. The van der Waals surface area contributed by atoms with Crippen LogP contribution in [0.3, 0.4) is 0 Å². The van der Waals surface area contributed by atoms with E-state index < -0.39 is 38.9 Å². The van der Waals surface area contributed by atoms with E-state index in [1.165, 1.54) is 13.3 Å². The highest BCUT2D eigenvalue weighted by Gasteiger charge is 2.55. The van der Waals surface area contributed by atoms with E-state index in [0.29, 0.717) is 39.7 Å². The fraction of sp³-hybridized carbons (Fsp3) is 0.211. The summed E-state index contributed by atoms with van der Waals surface area (Å²) < 4.78 is 67.3. The Bertz CT molecular complexity index is 1360. The molecule has 0 saturated heterocycles. The number of H-pyrrole nitrogens is 1. The summed E-state index contributed by atoms with van der Waals surface area (Å²) in [5.74, 6) is 0. The van der Waals surface area contributed by atoms with E-state index >= 15 is 0 Å². The first-order chi connectivity index (χ1) is 15.2. The fourth-order valence-corrected chi connectivity index (χ4v) is 6.14. The molecule has 13 heteroatoms. The van der Waals surface area contributed by atoms with Gasteiger partial charge in [0.2, 0.25) is 10.0 Å². The molecule has 166 valence electrons. The number of alkyl halides is 3. The number of halogens is 4. The average Bonchev–Trinajstić information content (AvgIpc) is 3.33. The Morgan fingerprint density at radius 2 is 1.94 bits per heavy atom. The van der Waals surface area contributed by atoms with Gasteiger partial charge in [0.1, 0.15) is 29.5 Å². The third-order valence-electron chi connectivity index (χ3n) is 5.43. The number of rotatable bonds is 3.